The van der Waals surface area contributed by atoms with Crippen molar-refractivity contribution in [3.8, 4) is 17.4 Å². The van der Waals surface area contributed by atoms with E-state index in [4.69, 9.17) is 4.42 Å². The van der Waals surface area contributed by atoms with Crippen LogP contribution in [0.2, 0.25) is 0 Å². The van der Waals surface area contributed by atoms with Crippen molar-refractivity contribution in [2.75, 3.05) is 0 Å². The van der Waals surface area contributed by atoms with Gasteiger partial charge in [0.2, 0.25) is 5.78 Å². The van der Waals surface area contributed by atoms with E-state index < -0.39 is 16.6 Å². The number of aromatic nitrogens is 1. The first-order valence-electron chi connectivity index (χ1n) is 8.21. The highest BCUT2D eigenvalue weighted by molar-refractivity contribution is 7.18. The van der Waals surface area contributed by atoms with Crippen LogP contribution in [0, 0.1) is 21.4 Å². The number of rotatable bonds is 5. The maximum atomic E-state index is 12.8. The number of thiazole rings is 1. The van der Waals surface area contributed by atoms with E-state index >= 15 is 0 Å². The Morgan fingerprint density at radius 2 is 2.00 bits per heavy atom. The molecule has 2 aromatic heterocycles. The van der Waals surface area contributed by atoms with Crippen LogP contribution in [-0.4, -0.2) is 15.7 Å². The predicted octanol–water partition coefficient (Wildman–Crippen LogP) is 4.95. The monoisotopic (exact) mass is 389 g/mol. The van der Waals surface area contributed by atoms with Crippen LogP contribution < -0.4 is 0 Å². The predicted molar refractivity (Wildman–Crippen MR) is 103 cm³/mol. The zero-order valence-corrected chi connectivity index (χ0v) is 15.1. The number of carbonyl (C=O) groups excluding carboxylic acids is 1. The zero-order chi connectivity index (χ0) is 19.7. The van der Waals surface area contributed by atoms with Gasteiger partial charge >= 0.3 is 0 Å². The average Bonchev–Trinajstić information content (AvgIpc) is 3.36. The number of hydrogen-bond acceptors (Lipinski definition) is 7. The van der Waals surface area contributed by atoms with Gasteiger partial charge in [-0.25, -0.2) is 4.98 Å². The van der Waals surface area contributed by atoms with Crippen molar-refractivity contribution < 1.29 is 14.1 Å². The molecular formula is C20H11N3O4S. The van der Waals surface area contributed by atoms with Crippen molar-refractivity contribution in [2.45, 2.75) is 5.92 Å². The Hall–Kier alpha value is -3.83. The topological polar surface area (TPSA) is 110 Å². The molecule has 0 saturated carbocycles. The number of Topliss-reactive ketones (excluding diaryl/α,β-unsaturated/α-hetero) is 1. The highest BCUT2D eigenvalue weighted by Gasteiger charge is 2.28. The van der Waals surface area contributed by atoms with Crippen molar-refractivity contribution in [3.05, 3.63) is 81.5 Å². The quantitative estimate of drug-likeness (QED) is 0.271. The summed E-state index contributed by atoms with van der Waals surface area (Å²) >= 11 is 1.29. The highest BCUT2D eigenvalue weighted by atomic mass is 32.1. The molecule has 0 unspecified atom stereocenters. The third kappa shape index (κ3) is 3.15. The normalized spacial score (nSPS) is 11.8. The minimum atomic E-state index is -1.08. The Kier molecular flexibility index (Phi) is 4.43. The summed E-state index contributed by atoms with van der Waals surface area (Å²) in [6, 6.07) is 18.3. The van der Waals surface area contributed by atoms with E-state index in [9.17, 15) is 20.2 Å². The van der Waals surface area contributed by atoms with Crippen LogP contribution >= 0.6 is 11.3 Å². The van der Waals surface area contributed by atoms with Crippen LogP contribution in [0.3, 0.4) is 0 Å². The third-order valence-electron chi connectivity index (χ3n) is 4.14. The highest BCUT2D eigenvalue weighted by Crippen LogP contribution is 2.31. The second kappa shape index (κ2) is 7.06. The van der Waals surface area contributed by atoms with Crippen molar-refractivity contribution >= 4 is 33.0 Å². The van der Waals surface area contributed by atoms with Crippen molar-refractivity contribution in [1.82, 2.24) is 4.98 Å². The molecule has 0 radical (unpaired) electrons. The number of carbonyl (C=O) groups is 1. The van der Waals surface area contributed by atoms with E-state index in [2.05, 4.69) is 4.98 Å². The fourth-order valence-electron chi connectivity index (χ4n) is 2.78. The van der Waals surface area contributed by atoms with Crippen LogP contribution in [0.5, 0.6) is 0 Å². The number of nitro benzene ring substituents is 1. The van der Waals surface area contributed by atoms with Crippen molar-refractivity contribution in [2.24, 2.45) is 0 Å². The maximum absolute atomic E-state index is 12.8. The lowest BCUT2D eigenvalue weighted by atomic mass is 10.1. The van der Waals surface area contributed by atoms with Crippen LogP contribution in [0.4, 0.5) is 5.69 Å². The van der Waals surface area contributed by atoms with Gasteiger partial charge in [-0.1, -0.05) is 24.3 Å². The summed E-state index contributed by atoms with van der Waals surface area (Å²) in [6.07, 6.45) is 0. The van der Waals surface area contributed by atoms with Gasteiger partial charge < -0.3 is 4.42 Å². The van der Waals surface area contributed by atoms with E-state index in [1.165, 1.54) is 35.6 Å². The van der Waals surface area contributed by atoms with Gasteiger partial charge in [0, 0.05) is 17.7 Å². The smallest absolute Gasteiger partial charge is 0.270 e. The van der Waals surface area contributed by atoms with Crippen LogP contribution in [0.15, 0.2) is 65.1 Å². The average molecular weight is 389 g/mol. The van der Waals surface area contributed by atoms with E-state index in [1.54, 1.807) is 12.1 Å². The van der Waals surface area contributed by atoms with E-state index in [0.29, 0.717) is 16.3 Å². The standard InChI is InChI=1S/C20H11N3O4S/c21-11-14(20-22-15-6-1-2-7-18(15)28-20)19(24)17-9-8-16(27-17)12-4-3-5-13(10-12)23(25)26/h1-10,14H/t14-/m1/s1. The van der Waals surface area contributed by atoms with Crippen molar-refractivity contribution in [3.63, 3.8) is 0 Å². The summed E-state index contributed by atoms with van der Waals surface area (Å²) in [4.78, 5) is 27.6. The molecule has 0 fully saturated rings. The van der Waals surface area contributed by atoms with E-state index in [-0.39, 0.29) is 11.4 Å². The molecule has 0 bridgehead atoms. The zero-order valence-electron chi connectivity index (χ0n) is 14.2. The van der Waals surface area contributed by atoms with Gasteiger partial charge in [-0.3, -0.25) is 14.9 Å². The van der Waals surface area contributed by atoms with E-state index in [0.717, 1.165) is 10.2 Å². The fourth-order valence-corrected chi connectivity index (χ4v) is 3.79. The van der Waals surface area contributed by atoms with Gasteiger partial charge in [0.25, 0.3) is 5.69 Å². The second-order valence-corrected chi connectivity index (χ2v) is 6.98. The number of nitriles is 1. The lowest BCUT2D eigenvalue weighted by Crippen LogP contribution is -2.10. The maximum Gasteiger partial charge on any atom is 0.270 e. The largest absolute Gasteiger partial charge is 0.453 e. The fraction of sp³-hybridized carbons (Fsp3) is 0.0500. The molecule has 7 nitrogen and oxygen atoms in total. The first-order valence-corrected chi connectivity index (χ1v) is 9.02. The number of para-hydroxylation sites is 1. The van der Waals surface area contributed by atoms with Gasteiger partial charge in [0.15, 0.2) is 11.7 Å². The SMILES string of the molecule is N#C[C@H](C(=O)c1ccc(-c2cccc([N+](=O)[O-])c2)o1)c1nc2ccccc2s1. The molecule has 1 atom stereocenters. The second-order valence-electron chi connectivity index (χ2n) is 5.92. The number of nitrogens with zero attached hydrogens (tertiary/aromatic N) is 3. The summed E-state index contributed by atoms with van der Waals surface area (Å²) < 4.78 is 6.49. The molecule has 0 spiro atoms. The number of furan rings is 1. The van der Waals surface area contributed by atoms with Crippen LogP contribution in [0.1, 0.15) is 21.5 Å². The molecule has 136 valence electrons. The molecule has 4 aromatic rings. The van der Waals surface area contributed by atoms with Gasteiger partial charge in [0.05, 0.1) is 21.2 Å². The Labute approximate surface area is 162 Å². The number of fused-ring (bicyclic) bond motifs is 1. The number of ketones is 1. The minimum Gasteiger partial charge on any atom is -0.453 e. The molecule has 0 N–H and O–H groups in total. The Morgan fingerprint density at radius 1 is 1.18 bits per heavy atom. The molecule has 0 aliphatic heterocycles. The summed E-state index contributed by atoms with van der Waals surface area (Å²) in [5.41, 5.74) is 1.13. The van der Waals surface area contributed by atoms with Crippen LogP contribution in [-0.2, 0) is 0 Å². The Bertz CT molecular complexity index is 1220. The Morgan fingerprint density at radius 3 is 2.75 bits per heavy atom. The Balaban J connectivity index is 1.65. The number of benzene rings is 2. The number of nitro groups is 1. The molecule has 0 aliphatic rings. The molecule has 8 heteroatoms. The molecule has 0 aliphatic carbocycles. The molecule has 4 rings (SSSR count). The molecule has 2 heterocycles. The lowest BCUT2D eigenvalue weighted by Gasteiger charge is -2.02. The summed E-state index contributed by atoms with van der Waals surface area (Å²) in [5, 5.41) is 20.9. The molecule has 2 aromatic carbocycles. The molecule has 0 amide bonds. The van der Waals surface area contributed by atoms with E-state index in [1.807, 2.05) is 30.3 Å². The first-order chi connectivity index (χ1) is 13.6. The van der Waals surface area contributed by atoms with Gasteiger partial charge in [-0.05, 0) is 24.3 Å². The van der Waals surface area contributed by atoms with Crippen LogP contribution in [0.25, 0.3) is 21.5 Å². The summed E-state index contributed by atoms with van der Waals surface area (Å²) in [7, 11) is 0. The van der Waals surface area contributed by atoms with Gasteiger partial charge in [-0.2, -0.15) is 5.26 Å². The van der Waals surface area contributed by atoms with Gasteiger partial charge in [-0.15, -0.1) is 11.3 Å². The number of hydrogen-bond donors (Lipinski definition) is 0. The summed E-state index contributed by atoms with van der Waals surface area (Å²) in [6.45, 7) is 0. The summed E-state index contributed by atoms with van der Waals surface area (Å²) in [5.74, 6) is -1.26. The minimum absolute atomic E-state index is 0.00677. The number of non-ortho nitro benzene ring substituents is 1. The first kappa shape index (κ1) is 17.6. The molecule has 0 saturated heterocycles. The third-order valence-corrected chi connectivity index (χ3v) is 5.24. The van der Waals surface area contributed by atoms with Gasteiger partial charge in [0.1, 0.15) is 10.8 Å². The van der Waals surface area contributed by atoms with Crippen molar-refractivity contribution in [1.29, 1.82) is 5.26 Å². The molecule has 28 heavy (non-hydrogen) atoms. The molecular weight excluding hydrogens is 378 g/mol. The lowest BCUT2D eigenvalue weighted by molar-refractivity contribution is -0.384.